The topological polar surface area (TPSA) is 60.8 Å². The molecule has 0 spiro atoms. The molecule has 0 N–H and O–H groups in total. The Morgan fingerprint density at radius 3 is 2.39 bits per heavy atom. The third kappa shape index (κ3) is 4.62. The summed E-state index contributed by atoms with van der Waals surface area (Å²) in [6.45, 7) is 9.22. The van der Waals surface area contributed by atoms with Gasteiger partial charge in [0, 0.05) is 31.0 Å². The van der Waals surface area contributed by atoms with Crippen LogP contribution in [0.3, 0.4) is 0 Å². The van der Waals surface area contributed by atoms with E-state index < -0.39 is 5.97 Å². The standard InChI is InChI=1S/C22H28N2O4/c1-15-10-20(18(4)24(15)13-19-8-6-5-7-9-19)22(26)27-14-21(25)23-11-16(2)28-17(3)12-23/h5-10,16-17H,11-14H2,1-4H3/t16-,17-/m0/s1. The number of aromatic nitrogens is 1. The van der Waals surface area contributed by atoms with Crippen LogP contribution in [0.4, 0.5) is 0 Å². The van der Waals surface area contributed by atoms with Crippen molar-refractivity contribution in [3.05, 3.63) is 58.9 Å². The molecule has 0 aliphatic carbocycles. The zero-order valence-electron chi connectivity index (χ0n) is 17.0. The number of carbonyl (C=O) groups is 2. The highest BCUT2D eigenvalue weighted by atomic mass is 16.5. The molecule has 2 heterocycles. The van der Waals surface area contributed by atoms with Crippen LogP contribution in [0, 0.1) is 13.8 Å². The lowest BCUT2D eigenvalue weighted by Crippen LogP contribution is -2.49. The predicted octanol–water partition coefficient (Wildman–Crippen LogP) is 2.95. The van der Waals surface area contributed by atoms with E-state index in [-0.39, 0.29) is 24.7 Å². The smallest absolute Gasteiger partial charge is 0.340 e. The van der Waals surface area contributed by atoms with Crippen LogP contribution < -0.4 is 0 Å². The van der Waals surface area contributed by atoms with E-state index in [1.165, 1.54) is 0 Å². The summed E-state index contributed by atoms with van der Waals surface area (Å²) in [5.41, 5.74) is 3.49. The molecule has 0 radical (unpaired) electrons. The van der Waals surface area contributed by atoms with E-state index in [1.807, 2.05) is 52.0 Å². The van der Waals surface area contributed by atoms with Crippen LogP contribution in [0.2, 0.25) is 0 Å². The molecule has 1 aromatic heterocycles. The molecular weight excluding hydrogens is 356 g/mol. The molecule has 6 nitrogen and oxygen atoms in total. The molecule has 1 amide bonds. The Labute approximate surface area is 166 Å². The molecule has 3 rings (SSSR count). The zero-order valence-corrected chi connectivity index (χ0v) is 17.0. The van der Waals surface area contributed by atoms with Gasteiger partial charge in [-0.05, 0) is 39.3 Å². The van der Waals surface area contributed by atoms with Gasteiger partial charge in [-0.1, -0.05) is 30.3 Å². The van der Waals surface area contributed by atoms with Crippen molar-refractivity contribution in [2.45, 2.75) is 46.4 Å². The fourth-order valence-corrected chi connectivity index (χ4v) is 3.69. The van der Waals surface area contributed by atoms with Gasteiger partial charge in [-0.25, -0.2) is 4.79 Å². The minimum Gasteiger partial charge on any atom is -0.452 e. The van der Waals surface area contributed by atoms with Crippen LogP contribution in [-0.2, 0) is 20.8 Å². The number of aryl methyl sites for hydroxylation is 1. The maximum absolute atomic E-state index is 12.6. The number of benzene rings is 1. The number of hydrogen-bond acceptors (Lipinski definition) is 4. The van der Waals surface area contributed by atoms with Gasteiger partial charge in [0.05, 0.1) is 17.8 Å². The van der Waals surface area contributed by atoms with Gasteiger partial charge in [0.2, 0.25) is 0 Å². The molecule has 1 aliphatic rings. The van der Waals surface area contributed by atoms with Crippen LogP contribution in [-0.4, -0.2) is 53.2 Å². The molecule has 1 aromatic carbocycles. The summed E-state index contributed by atoms with van der Waals surface area (Å²) in [5.74, 6) is -0.649. The summed E-state index contributed by atoms with van der Waals surface area (Å²) in [5, 5.41) is 0. The minimum atomic E-state index is -0.463. The Morgan fingerprint density at radius 2 is 1.75 bits per heavy atom. The summed E-state index contributed by atoms with van der Waals surface area (Å²) in [4.78, 5) is 26.7. The number of esters is 1. The van der Waals surface area contributed by atoms with Crippen LogP contribution in [0.25, 0.3) is 0 Å². The number of amides is 1. The number of morpholine rings is 1. The van der Waals surface area contributed by atoms with E-state index in [9.17, 15) is 9.59 Å². The highest BCUT2D eigenvalue weighted by molar-refractivity contribution is 5.92. The molecule has 28 heavy (non-hydrogen) atoms. The third-order valence-corrected chi connectivity index (χ3v) is 5.08. The number of nitrogens with zero attached hydrogens (tertiary/aromatic N) is 2. The van der Waals surface area contributed by atoms with Gasteiger partial charge in [-0.15, -0.1) is 0 Å². The first-order valence-corrected chi connectivity index (χ1v) is 9.66. The van der Waals surface area contributed by atoms with Crippen LogP contribution in [0.1, 0.15) is 41.2 Å². The van der Waals surface area contributed by atoms with Crippen molar-refractivity contribution < 1.29 is 19.1 Å². The van der Waals surface area contributed by atoms with Gasteiger partial charge in [-0.2, -0.15) is 0 Å². The summed E-state index contributed by atoms with van der Waals surface area (Å²) < 4.78 is 13.0. The molecule has 150 valence electrons. The Morgan fingerprint density at radius 1 is 1.11 bits per heavy atom. The fourth-order valence-electron chi connectivity index (χ4n) is 3.69. The number of hydrogen-bond donors (Lipinski definition) is 0. The molecule has 0 unspecified atom stereocenters. The van der Waals surface area contributed by atoms with Crippen LogP contribution in [0.5, 0.6) is 0 Å². The predicted molar refractivity (Wildman–Crippen MR) is 106 cm³/mol. The van der Waals surface area contributed by atoms with E-state index in [4.69, 9.17) is 9.47 Å². The van der Waals surface area contributed by atoms with Crippen LogP contribution >= 0.6 is 0 Å². The quantitative estimate of drug-likeness (QED) is 0.744. The molecule has 1 aliphatic heterocycles. The van der Waals surface area contributed by atoms with Gasteiger partial charge in [-0.3, -0.25) is 4.79 Å². The molecule has 2 aromatic rings. The molecule has 2 atom stereocenters. The highest BCUT2D eigenvalue weighted by Gasteiger charge is 2.27. The Bertz CT molecular complexity index is 834. The molecule has 0 saturated carbocycles. The fraction of sp³-hybridized carbons (Fsp3) is 0.455. The van der Waals surface area contributed by atoms with Gasteiger partial charge >= 0.3 is 5.97 Å². The van der Waals surface area contributed by atoms with Crippen LogP contribution in [0.15, 0.2) is 36.4 Å². The van der Waals surface area contributed by atoms with Gasteiger partial charge in [0.1, 0.15) is 0 Å². The maximum Gasteiger partial charge on any atom is 0.340 e. The average molecular weight is 384 g/mol. The first-order valence-electron chi connectivity index (χ1n) is 9.66. The van der Waals surface area contributed by atoms with Crippen molar-refractivity contribution in [1.29, 1.82) is 0 Å². The Kier molecular flexibility index (Phi) is 6.19. The highest BCUT2D eigenvalue weighted by Crippen LogP contribution is 2.18. The second-order valence-electron chi connectivity index (χ2n) is 7.49. The van der Waals surface area contributed by atoms with Crippen molar-refractivity contribution in [3.8, 4) is 0 Å². The van der Waals surface area contributed by atoms with E-state index in [1.54, 1.807) is 4.90 Å². The Hall–Kier alpha value is -2.60. The van der Waals surface area contributed by atoms with Gasteiger partial charge in [0.25, 0.3) is 5.91 Å². The van der Waals surface area contributed by atoms with Gasteiger partial charge in [0.15, 0.2) is 6.61 Å². The van der Waals surface area contributed by atoms with Crippen molar-refractivity contribution in [1.82, 2.24) is 9.47 Å². The molecular formula is C22H28N2O4. The monoisotopic (exact) mass is 384 g/mol. The summed E-state index contributed by atoms with van der Waals surface area (Å²) in [6.07, 6.45) is -0.0272. The number of rotatable bonds is 5. The average Bonchev–Trinajstić information content (AvgIpc) is 2.94. The molecule has 0 bridgehead atoms. The van der Waals surface area contributed by atoms with E-state index in [2.05, 4.69) is 16.7 Å². The first kappa shape index (κ1) is 20.1. The Balaban J connectivity index is 1.63. The van der Waals surface area contributed by atoms with Crippen molar-refractivity contribution in [2.75, 3.05) is 19.7 Å². The largest absolute Gasteiger partial charge is 0.452 e. The normalized spacial score (nSPS) is 19.5. The van der Waals surface area contributed by atoms with Gasteiger partial charge < -0.3 is 18.9 Å². The lowest BCUT2D eigenvalue weighted by Gasteiger charge is -2.35. The number of ether oxygens (including phenoxy) is 2. The van der Waals surface area contributed by atoms with E-state index >= 15 is 0 Å². The van der Waals surface area contributed by atoms with E-state index in [0.717, 1.165) is 17.0 Å². The summed E-state index contributed by atoms with van der Waals surface area (Å²) >= 11 is 0. The third-order valence-electron chi connectivity index (χ3n) is 5.08. The first-order chi connectivity index (χ1) is 13.3. The molecule has 1 fully saturated rings. The summed E-state index contributed by atoms with van der Waals surface area (Å²) in [6, 6.07) is 11.9. The van der Waals surface area contributed by atoms with E-state index in [0.29, 0.717) is 25.2 Å². The van der Waals surface area contributed by atoms with Crippen molar-refractivity contribution >= 4 is 11.9 Å². The second-order valence-corrected chi connectivity index (χ2v) is 7.49. The zero-order chi connectivity index (χ0) is 20.3. The maximum atomic E-state index is 12.6. The summed E-state index contributed by atoms with van der Waals surface area (Å²) in [7, 11) is 0. The second kappa shape index (κ2) is 8.61. The molecule has 6 heteroatoms. The SMILES string of the molecule is Cc1cc(C(=O)OCC(=O)N2C[C@H](C)O[C@@H](C)C2)c(C)n1Cc1ccccc1. The number of carbonyl (C=O) groups excluding carboxylic acids is 2. The lowest BCUT2D eigenvalue weighted by molar-refractivity contribution is -0.146. The van der Waals surface area contributed by atoms with Crippen molar-refractivity contribution in [2.24, 2.45) is 0 Å². The molecule has 1 saturated heterocycles. The minimum absolute atomic E-state index is 0.0136. The van der Waals surface area contributed by atoms with Crippen molar-refractivity contribution in [3.63, 3.8) is 0 Å². The lowest BCUT2D eigenvalue weighted by atomic mass is 10.2.